The molecule has 7 atom stereocenters. The number of rotatable bonds is 78. The second-order valence-electron chi connectivity index (χ2n) is 29.8. The van der Waals surface area contributed by atoms with Gasteiger partial charge < -0.3 is 33.8 Å². The molecule has 0 radical (unpaired) electrons. The molecule has 0 bridgehead atoms. The maximum absolute atomic E-state index is 13.1. The van der Waals surface area contributed by atoms with Crippen molar-refractivity contribution in [2.75, 3.05) is 39.6 Å². The second-order valence-corrected chi connectivity index (χ2v) is 32.7. The van der Waals surface area contributed by atoms with E-state index in [1.54, 1.807) is 0 Å². The maximum atomic E-state index is 13.1. The Kier molecular flexibility index (Phi) is 69.0. The van der Waals surface area contributed by atoms with E-state index in [0.29, 0.717) is 25.7 Å². The van der Waals surface area contributed by atoms with E-state index in [-0.39, 0.29) is 25.7 Å². The molecule has 0 aromatic carbocycles. The number of hydrogen-bond acceptors (Lipinski definition) is 15. The predicted octanol–water partition coefficient (Wildman–Crippen LogP) is 23.7. The van der Waals surface area contributed by atoms with E-state index in [2.05, 4.69) is 48.5 Å². The summed E-state index contributed by atoms with van der Waals surface area (Å²) in [5.74, 6) is 0.271. The van der Waals surface area contributed by atoms with Crippen molar-refractivity contribution in [1.29, 1.82) is 0 Å². The number of carbonyl (C=O) groups is 4. The van der Waals surface area contributed by atoms with Crippen molar-refractivity contribution in [2.45, 2.75) is 433 Å². The normalized spacial score (nSPS) is 14.5. The highest BCUT2D eigenvalue weighted by Gasteiger charge is 2.30. The molecule has 99 heavy (non-hydrogen) atoms. The van der Waals surface area contributed by atoms with Gasteiger partial charge in [0.25, 0.3) is 0 Å². The van der Waals surface area contributed by atoms with Crippen molar-refractivity contribution in [2.24, 2.45) is 17.8 Å². The summed E-state index contributed by atoms with van der Waals surface area (Å²) in [6.45, 7) is 12.0. The summed E-state index contributed by atoms with van der Waals surface area (Å²) in [7, 11) is -9.92. The lowest BCUT2D eigenvalue weighted by atomic mass is 9.99. The van der Waals surface area contributed by atoms with Crippen LogP contribution in [-0.4, -0.2) is 96.7 Å². The topological polar surface area (TPSA) is 237 Å². The molecule has 588 valence electrons. The highest BCUT2D eigenvalue weighted by Crippen LogP contribution is 2.45. The van der Waals surface area contributed by atoms with Crippen LogP contribution < -0.4 is 0 Å². The van der Waals surface area contributed by atoms with Crippen molar-refractivity contribution in [1.82, 2.24) is 0 Å². The Balaban J connectivity index is 5.21. The first-order valence-corrected chi connectivity index (χ1v) is 44.4. The number of phosphoric ester groups is 2. The molecule has 0 spiro atoms. The summed E-state index contributed by atoms with van der Waals surface area (Å²) in [5, 5.41) is 10.6. The first kappa shape index (κ1) is 97.1. The summed E-state index contributed by atoms with van der Waals surface area (Å²) in [6.07, 6.45) is 58.3. The van der Waals surface area contributed by atoms with Gasteiger partial charge in [-0.1, -0.05) is 363 Å². The van der Waals surface area contributed by atoms with Crippen LogP contribution in [0.15, 0.2) is 0 Å². The molecule has 0 aliphatic carbocycles. The van der Waals surface area contributed by atoms with E-state index < -0.39 is 97.5 Å². The molecule has 17 nitrogen and oxygen atoms in total. The molecule has 0 aromatic rings. The van der Waals surface area contributed by atoms with Crippen LogP contribution in [-0.2, 0) is 65.4 Å². The lowest BCUT2D eigenvalue weighted by molar-refractivity contribution is -0.161. The highest BCUT2D eigenvalue weighted by molar-refractivity contribution is 7.47. The minimum atomic E-state index is -4.96. The van der Waals surface area contributed by atoms with Crippen LogP contribution in [0, 0.1) is 17.8 Å². The number of esters is 4. The van der Waals surface area contributed by atoms with Crippen molar-refractivity contribution in [3.63, 3.8) is 0 Å². The Morgan fingerprint density at radius 2 is 0.515 bits per heavy atom. The molecule has 0 rings (SSSR count). The zero-order chi connectivity index (χ0) is 73.0. The molecule has 0 aliphatic rings. The molecule has 0 saturated carbocycles. The van der Waals surface area contributed by atoms with Gasteiger partial charge >= 0.3 is 39.5 Å². The average molecular weight is 1450 g/mol. The van der Waals surface area contributed by atoms with Gasteiger partial charge in [0.2, 0.25) is 0 Å². The molecule has 0 fully saturated rings. The van der Waals surface area contributed by atoms with Crippen LogP contribution in [0.2, 0.25) is 0 Å². The first-order valence-electron chi connectivity index (χ1n) is 41.4. The molecule has 0 heterocycles. The summed E-state index contributed by atoms with van der Waals surface area (Å²) in [5.41, 5.74) is 0. The number of hydrogen-bond donors (Lipinski definition) is 3. The number of phosphoric acid groups is 2. The molecule has 0 aliphatic heterocycles. The molecule has 0 saturated heterocycles. The number of aliphatic hydroxyl groups is 1. The monoisotopic (exact) mass is 1450 g/mol. The lowest BCUT2D eigenvalue weighted by Gasteiger charge is -2.21. The zero-order valence-electron chi connectivity index (χ0n) is 65.0. The third kappa shape index (κ3) is 71.5. The predicted molar refractivity (Wildman–Crippen MR) is 405 cm³/mol. The van der Waals surface area contributed by atoms with Gasteiger partial charge in [0, 0.05) is 25.7 Å². The SMILES string of the molecule is CCCCCCCCCCCCCCC(=O)O[C@H](COC(=O)CCCCCCCCC(C)CC)COP(=O)(O)OC[C@H](O)COP(=O)(O)OC[C@@H](COC(=O)CCCCCCCCCCCCCCC(C)C)OC(=O)CCCCCCCCCCCCCCCCCCCCC(C)CC. The fraction of sp³-hybridized carbons (Fsp3) is 0.950. The minimum Gasteiger partial charge on any atom is -0.462 e. The van der Waals surface area contributed by atoms with Crippen LogP contribution in [0.5, 0.6) is 0 Å². The standard InChI is InChI=1S/C80H156O17P2/c1-8-11-12-13-14-15-16-29-35-40-49-56-63-79(84)97-76(68-91-78(83)62-55-48-43-42-46-53-60-73(7)10-3)70-95-99(88,89)93-66-74(81)65-92-98(86,87)94-69-75(67-90-77(82)61-54-47-39-34-30-26-25-27-32-37-44-51-58-71(4)5)96-80(85)64-57-50-41-36-31-24-22-20-18-17-19-21-23-28-33-38-45-52-59-72(6)9-2/h71-76,81H,8-70H2,1-7H3,(H,86,87)(H,88,89)/t72?,73?,74-,75-,76-/m1/s1. The van der Waals surface area contributed by atoms with Gasteiger partial charge in [-0.3, -0.25) is 37.3 Å². The van der Waals surface area contributed by atoms with Gasteiger partial charge in [0.05, 0.1) is 26.4 Å². The number of aliphatic hydroxyl groups excluding tert-OH is 1. The quantitative estimate of drug-likeness (QED) is 0.0222. The highest BCUT2D eigenvalue weighted by atomic mass is 31.2. The third-order valence-corrected chi connectivity index (χ3v) is 21.3. The van der Waals surface area contributed by atoms with Crippen LogP contribution >= 0.6 is 15.6 Å². The third-order valence-electron chi connectivity index (χ3n) is 19.4. The van der Waals surface area contributed by atoms with Crippen LogP contribution in [0.4, 0.5) is 0 Å². The van der Waals surface area contributed by atoms with Crippen LogP contribution in [0.25, 0.3) is 0 Å². The molecule has 19 heteroatoms. The van der Waals surface area contributed by atoms with Crippen molar-refractivity contribution in [3.8, 4) is 0 Å². The van der Waals surface area contributed by atoms with Gasteiger partial charge in [-0.05, 0) is 43.4 Å². The van der Waals surface area contributed by atoms with Crippen molar-refractivity contribution >= 4 is 39.5 Å². The average Bonchev–Trinajstić information content (AvgIpc) is 1.18. The lowest BCUT2D eigenvalue weighted by Crippen LogP contribution is -2.30. The number of carbonyl (C=O) groups excluding carboxylic acids is 4. The Morgan fingerprint density at radius 3 is 0.768 bits per heavy atom. The zero-order valence-corrected chi connectivity index (χ0v) is 66.8. The van der Waals surface area contributed by atoms with Crippen LogP contribution in [0.1, 0.15) is 414 Å². The van der Waals surface area contributed by atoms with E-state index in [0.717, 1.165) is 114 Å². The van der Waals surface area contributed by atoms with Gasteiger partial charge in [-0.2, -0.15) is 0 Å². The molecule has 4 unspecified atom stereocenters. The van der Waals surface area contributed by atoms with Crippen molar-refractivity contribution < 1.29 is 80.2 Å². The van der Waals surface area contributed by atoms with Gasteiger partial charge in [-0.25, -0.2) is 9.13 Å². The van der Waals surface area contributed by atoms with E-state index in [1.807, 2.05) is 0 Å². The maximum Gasteiger partial charge on any atom is 0.472 e. The molecular formula is C80H156O17P2. The Morgan fingerprint density at radius 1 is 0.293 bits per heavy atom. The summed E-state index contributed by atoms with van der Waals surface area (Å²) >= 11 is 0. The largest absolute Gasteiger partial charge is 0.472 e. The Hall–Kier alpha value is -1.94. The molecule has 3 N–H and O–H groups in total. The van der Waals surface area contributed by atoms with Gasteiger partial charge in [-0.15, -0.1) is 0 Å². The molecule has 0 aromatic heterocycles. The first-order chi connectivity index (χ1) is 47.8. The minimum absolute atomic E-state index is 0.106. The fourth-order valence-corrected chi connectivity index (χ4v) is 13.8. The van der Waals surface area contributed by atoms with Gasteiger partial charge in [0.1, 0.15) is 19.3 Å². The van der Waals surface area contributed by atoms with E-state index in [4.69, 9.17) is 37.0 Å². The summed E-state index contributed by atoms with van der Waals surface area (Å²) < 4.78 is 68.6. The van der Waals surface area contributed by atoms with E-state index in [9.17, 15) is 43.2 Å². The van der Waals surface area contributed by atoms with Crippen molar-refractivity contribution in [3.05, 3.63) is 0 Å². The second kappa shape index (κ2) is 70.4. The summed E-state index contributed by atoms with van der Waals surface area (Å²) in [4.78, 5) is 72.9. The molecule has 0 amide bonds. The Bertz CT molecular complexity index is 1930. The number of ether oxygens (including phenoxy) is 4. The Labute approximate surface area is 607 Å². The smallest absolute Gasteiger partial charge is 0.462 e. The van der Waals surface area contributed by atoms with Gasteiger partial charge in [0.15, 0.2) is 12.2 Å². The van der Waals surface area contributed by atoms with E-state index in [1.165, 1.54) is 218 Å². The fourth-order valence-electron chi connectivity index (χ4n) is 12.2. The number of unbranched alkanes of at least 4 members (excludes halogenated alkanes) is 44. The molecular weight excluding hydrogens is 1290 g/mol. The van der Waals surface area contributed by atoms with E-state index >= 15 is 0 Å². The summed E-state index contributed by atoms with van der Waals surface area (Å²) in [6, 6.07) is 0. The van der Waals surface area contributed by atoms with Crippen LogP contribution in [0.3, 0.4) is 0 Å².